The fraction of sp³-hybridized carbons (Fsp3) is 0.300. The number of aromatic nitrogens is 2. The summed E-state index contributed by atoms with van der Waals surface area (Å²) in [6.45, 7) is 20.3. The van der Waals surface area contributed by atoms with Gasteiger partial charge in [-0.15, -0.1) is 0 Å². The Morgan fingerprint density at radius 2 is 1.23 bits per heavy atom. The van der Waals surface area contributed by atoms with Gasteiger partial charge in [0, 0.05) is 22.7 Å². The Morgan fingerprint density at radius 3 is 1.89 bits per heavy atom. The predicted octanol–water partition coefficient (Wildman–Crippen LogP) is 11.0. The van der Waals surface area contributed by atoms with Crippen LogP contribution in [0.2, 0.25) is 0 Å². The number of hydrogen-bond acceptors (Lipinski definition) is 4. The van der Waals surface area contributed by atoms with Crippen molar-refractivity contribution in [2.45, 2.75) is 78.6 Å². The van der Waals surface area contributed by atoms with Crippen LogP contribution in [0.15, 0.2) is 89.5 Å². The third kappa shape index (κ3) is 5.38. The van der Waals surface area contributed by atoms with E-state index in [2.05, 4.69) is 117 Å². The van der Waals surface area contributed by atoms with Crippen molar-refractivity contribution in [3.05, 3.63) is 102 Å². The summed E-state index contributed by atoms with van der Waals surface area (Å²) in [6, 6.07) is 26.9. The summed E-state index contributed by atoms with van der Waals surface area (Å²) in [7, 11) is 0. The Hall–Kier alpha value is -4.44. The molecule has 2 aromatic heterocycles. The molecule has 4 aromatic carbocycles. The zero-order valence-electron chi connectivity index (χ0n) is 27.3. The number of aromatic hydroxyl groups is 1. The van der Waals surface area contributed by atoms with Crippen molar-refractivity contribution < 1.29 is 9.52 Å². The van der Waals surface area contributed by atoms with Crippen LogP contribution in [0.4, 0.5) is 0 Å². The maximum Gasteiger partial charge on any atom is 0.231 e. The van der Waals surface area contributed by atoms with Crippen LogP contribution in [-0.2, 0) is 16.2 Å². The minimum absolute atomic E-state index is 0.115. The molecule has 0 atom stereocenters. The van der Waals surface area contributed by atoms with E-state index >= 15 is 0 Å². The van der Waals surface area contributed by atoms with Gasteiger partial charge in [0.2, 0.25) is 5.89 Å². The number of phenols is 1. The molecule has 0 spiro atoms. The molecule has 224 valence electrons. The maximum atomic E-state index is 10.6. The molecular formula is C40H42N2O2. The first-order chi connectivity index (χ1) is 20.6. The lowest BCUT2D eigenvalue weighted by Crippen LogP contribution is -2.19. The molecule has 6 aromatic rings. The van der Waals surface area contributed by atoms with Crippen molar-refractivity contribution in [3.8, 4) is 39.6 Å². The fourth-order valence-electron chi connectivity index (χ4n) is 5.94. The van der Waals surface area contributed by atoms with E-state index in [-0.39, 0.29) is 22.0 Å². The van der Waals surface area contributed by atoms with E-state index in [0.29, 0.717) is 17.0 Å². The minimum Gasteiger partial charge on any atom is -0.507 e. The van der Waals surface area contributed by atoms with Gasteiger partial charge in [-0.2, -0.15) is 0 Å². The van der Waals surface area contributed by atoms with E-state index < -0.39 is 0 Å². The molecular weight excluding hydrogens is 540 g/mol. The highest BCUT2D eigenvalue weighted by atomic mass is 16.3. The molecule has 0 unspecified atom stereocenters. The molecule has 0 amide bonds. The number of para-hydroxylation sites is 1. The predicted molar refractivity (Wildman–Crippen MR) is 183 cm³/mol. The van der Waals surface area contributed by atoms with Crippen LogP contribution in [0.3, 0.4) is 0 Å². The first-order valence-electron chi connectivity index (χ1n) is 15.4. The van der Waals surface area contributed by atoms with Crippen LogP contribution in [0.5, 0.6) is 5.75 Å². The average Bonchev–Trinajstić information content (AvgIpc) is 3.39. The van der Waals surface area contributed by atoms with E-state index in [9.17, 15) is 5.11 Å². The number of benzene rings is 4. The monoisotopic (exact) mass is 582 g/mol. The van der Waals surface area contributed by atoms with Crippen LogP contribution >= 0.6 is 0 Å². The van der Waals surface area contributed by atoms with Gasteiger partial charge in [-0.1, -0.05) is 105 Å². The highest BCUT2D eigenvalue weighted by molar-refractivity contribution is 5.96. The number of fused-ring (bicyclic) bond motifs is 2. The molecule has 0 aliphatic carbocycles. The quantitative estimate of drug-likeness (QED) is 0.225. The second kappa shape index (κ2) is 10.3. The zero-order chi connectivity index (χ0) is 31.6. The molecule has 1 N–H and O–H groups in total. The van der Waals surface area contributed by atoms with E-state index in [4.69, 9.17) is 14.4 Å². The topological polar surface area (TPSA) is 59.2 Å². The summed E-state index contributed by atoms with van der Waals surface area (Å²) in [5.41, 5.74) is 9.53. The molecule has 0 saturated heterocycles. The maximum absolute atomic E-state index is 10.6. The SMILES string of the molecule is CC(C)(C)c1cc(-c2cc(-c3cc4ccccc4cn3)c(C(C)(C)C)cc2C(C)(C)C)c2nc(-c3ccccc3O)oc2c1. The smallest absolute Gasteiger partial charge is 0.231 e. The summed E-state index contributed by atoms with van der Waals surface area (Å²) in [5.74, 6) is 0.552. The Bertz CT molecular complexity index is 2030. The van der Waals surface area contributed by atoms with Crippen molar-refractivity contribution in [2.24, 2.45) is 0 Å². The van der Waals surface area contributed by atoms with Crippen molar-refractivity contribution in [1.29, 1.82) is 0 Å². The van der Waals surface area contributed by atoms with Gasteiger partial charge in [0.25, 0.3) is 0 Å². The van der Waals surface area contributed by atoms with Crippen molar-refractivity contribution in [3.63, 3.8) is 0 Å². The lowest BCUT2D eigenvalue weighted by Gasteiger charge is -2.30. The van der Waals surface area contributed by atoms with Crippen molar-refractivity contribution >= 4 is 21.9 Å². The van der Waals surface area contributed by atoms with Gasteiger partial charge in [-0.05, 0) is 80.3 Å². The second-order valence-electron chi connectivity index (χ2n) is 15.0. The number of pyridine rings is 1. The molecule has 4 heteroatoms. The third-order valence-corrected chi connectivity index (χ3v) is 8.47. The summed E-state index contributed by atoms with van der Waals surface area (Å²) < 4.78 is 6.42. The summed E-state index contributed by atoms with van der Waals surface area (Å²) in [5, 5.41) is 12.9. The minimum atomic E-state index is -0.154. The summed E-state index contributed by atoms with van der Waals surface area (Å²) >= 11 is 0. The highest BCUT2D eigenvalue weighted by Crippen LogP contribution is 2.45. The van der Waals surface area contributed by atoms with Crippen molar-refractivity contribution in [2.75, 3.05) is 0 Å². The molecule has 0 aliphatic rings. The molecule has 4 nitrogen and oxygen atoms in total. The van der Waals surface area contributed by atoms with Gasteiger partial charge >= 0.3 is 0 Å². The fourth-order valence-corrected chi connectivity index (χ4v) is 5.94. The van der Waals surface area contributed by atoms with Crippen LogP contribution in [0.1, 0.15) is 79.0 Å². The number of rotatable bonds is 3. The molecule has 0 radical (unpaired) electrons. The molecule has 2 heterocycles. The first kappa shape index (κ1) is 29.6. The second-order valence-corrected chi connectivity index (χ2v) is 15.0. The molecule has 0 bridgehead atoms. The Balaban J connectivity index is 1.72. The van der Waals surface area contributed by atoms with E-state index in [1.165, 1.54) is 16.5 Å². The molecule has 44 heavy (non-hydrogen) atoms. The van der Waals surface area contributed by atoms with Gasteiger partial charge < -0.3 is 9.52 Å². The molecule has 0 aliphatic heterocycles. The summed E-state index contributed by atoms with van der Waals surface area (Å²) in [6.07, 6.45) is 1.98. The van der Waals surface area contributed by atoms with E-state index in [1.807, 2.05) is 18.3 Å². The van der Waals surface area contributed by atoms with Crippen LogP contribution in [0, 0.1) is 0 Å². The van der Waals surface area contributed by atoms with Gasteiger partial charge in [-0.25, -0.2) is 4.98 Å². The average molecular weight is 583 g/mol. The lowest BCUT2D eigenvalue weighted by molar-refractivity contribution is 0.474. The number of oxazole rings is 1. The summed E-state index contributed by atoms with van der Waals surface area (Å²) in [4.78, 5) is 10.0. The Kier molecular flexibility index (Phi) is 6.96. The lowest BCUT2D eigenvalue weighted by atomic mass is 9.74. The molecule has 0 saturated carbocycles. The number of nitrogens with zero attached hydrogens (tertiary/aromatic N) is 2. The zero-order valence-corrected chi connectivity index (χ0v) is 27.3. The van der Waals surface area contributed by atoms with Crippen molar-refractivity contribution in [1.82, 2.24) is 9.97 Å². The van der Waals surface area contributed by atoms with Crippen LogP contribution in [-0.4, -0.2) is 15.1 Å². The normalized spacial score (nSPS) is 12.8. The largest absolute Gasteiger partial charge is 0.507 e. The van der Waals surface area contributed by atoms with E-state index in [0.717, 1.165) is 38.9 Å². The van der Waals surface area contributed by atoms with Gasteiger partial charge in [-0.3, -0.25) is 4.98 Å². The number of hydrogen-bond donors (Lipinski definition) is 1. The van der Waals surface area contributed by atoms with Crippen LogP contribution in [0.25, 0.3) is 55.7 Å². The third-order valence-electron chi connectivity index (χ3n) is 8.47. The molecule has 6 rings (SSSR count). The first-order valence-corrected chi connectivity index (χ1v) is 15.4. The van der Waals surface area contributed by atoms with Gasteiger partial charge in [0.1, 0.15) is 11.3 Å². The Labute approximate surface area is 260 Å². The number of phenolic OH excluding ortho intramolecular Hbond substituents is 1. The highest BCUT2D eigenvalue weighted by Gasteiger charge is 2.29. The Morgan fingerprint density at radius 1 is 0.591 bits per heavy atom. The van der Waals surface area contributed by atoms with Crippen LogP contribution < -0.4 is 0 Å². The van der Waals surface area contributed by atoms with Gasteiger partial charge in [0.15, 0.2) is 5.58 Å². The van der Waals surface area contributed by atoms with Gasteiger partial charge in [0.05, 0.1) is 11.3 Å². The standard InChI is InChI=1S/C40H42N2O2/c1-38(2,3)26-19-29(36-35(20-26)44-37(42-36)27-16-12-13-17-34(27)43)28-21-30(32(40(7,8)9)22-31(28)39(4,5)6)33-18-24-14-10-11-15-25(24)23-41-33/h10-23,43H,1-9H3. The van der Waals surface area contributed by atoms with E-state index in [1.54, 1.807) is 12.1 Å². The molecule has 0 fully saturated rings.